The van der Waals surface area contributed by atoms with Gasteiger partial charge in [-0.25, -0.2) is 4.98 Å². The van der Waals surface area contributed by atoms with Crippen LogP contribution in [0.4, 0.5) is 0 Å². The normalized spacial score (nSPS) is 13.4. The van der Waals surface area contributed by atoms with Crippen molar-refractivity contribution in [1.82, 2.24) is 15.2 Å². The van der Waals surface area contributed by atoms with Gasteiger partial charge in [-0.3, -0.25) is 5.10 Å². The predicted octanol–water partition coefficient (Wildman–Crippen LogP) is 4.35. The highest BCUT2D eigenvalue weighted by molar-refractivity contribution is 5.92. The van der Waals surface area contributed by atoms with Gasteiger partial charge in [0.2, 0.25) is 0 Å². The molecule has 0 fully saturated rings. The molecular formula is C20H17N5. The Morgan fingerprint density at radius 2 is 2.12 bits per heavy atom. The van der Waals surface area contributed by atoms with Crippen molar-refractivity contribution in [2.24, 2.45) is 0 Å². The first-order valence-electron chi connectivity index (χ1n) is 8.02. The van der Waals surface area contributed by atoms with E-state index in [0.717, 1.165) is 33.3 Å². The Hall–Kier alpha value is -3.44. The van der Waals surface area contributed by atoms with Crippen molar-refractivity contribution in [2.45, 2.75) is 25.7 Å². The van der Waals surface area contributed by atoms with Crippen LogP contribution in [0.3, 0.4) is 0 Å². The van der Waals surface area contributed by atoms with Gasteiger partial charge in [-0.2, -0.15) is 15.6 Å². The molecule has 3 aromatic rings. The molecule has 5 heteroatoms. The number of aromatic amines is 1. The standard InChI is InChI=1S/C20H17N5/c1-3-20(2,13-22)16-10-14(5-4-7-21)9-15(11-16)17-6-8-23-19-18(17)12-24-25-19/h4-6,8-12H,3H2,1-2H3,(H,23,24,25)/b5-4+. The van der Waals surface area contributed by atoms with Crippen LogP contribution < -0.4 is 0 Å². The summed E-state index contributed by atoms with van der Waals surface area (Å²) in [5, 5.41) is 26.4. The highest BCUT2D eigenvalue weighted by Gasteiger charge is 2.25. The minimum atomic E-state index is -0.589. The van der Waals surface area contributed by atoms with Crippen LogP contribution >= 0.6 is 0 Å². The van der Waals surface area contributed by atoms with Gasteiger partial charge < -0.3 is 0 Å². The van der Waals surface area contributed by atoms with Gasteiger partial charge in [-0.05, 0) is 59.9 Å². The van der Waals surface area contributed by atoms with Crippen molar-refractivity contribution < 1.29 is 0 Å². The maximum absolute atomic E-state index is 9.66. The van der Waals surface area contributed by atoms with E-state index in [0.29, 0.717) is 6.42 Å². The first kappa shape index (κ1) is 16.4. The van der Waals surface area contributed by atoms with E-state index in [9.17, 15) is 5.26 Å². The third-order valence-electron chi connectivity index (χ3n) is 4.56. The minimum absolute atomic E-state index is 0.589. The second kappa shape index (κ2) is 6.59. The van der Waals surface area contributed by atoms with E-state index in [1.54, 1.807) is 18.5 Å². The Labute approximate surface area is 146 Å². The smallest absolute Gasteiger partial charge is 0.155 e. The average Bonchev–Trinajstić information content (AvgIpc) is 3.14. The highest BCUT2D eigenvalue weighted by Crippen LogP contribution is 2.34. The van der Waals surface area contributed by atoms with E-state index in [2.05, 4.69) is 21.3 Å². The fourth-order valence-electron chi connectivity index (χ4n) is 2.81. The molecule has 1 unspecified atom stereocenters. The van der Waals surface area contributed by atoms with Crippen molar-refractivity contribution in [2.75, 3.05) is 0 Å². The SMILES string of the molecule is CCC(C)(C#N)c1cc(/C=C/C#N)cc(-c2ccnc3[nH]ncc23)c1. The van der Waals surface area contributed by atoms with E-state index in [1.165, 1.54) is 6.08 Å². The van der Waals surface area contributed by atoms with Gasteiger partial charge in [0.25, 0.3) is 0 Å². The number of allylic oxidation sites excluding steroid dienone is 1. The number of pyridine rings is 1. The molecule has 3 rings (SSSR count). The van der Waals surface area contributed by atoms with E-state index in [4.69, 9.17) is 5.26 Å². The first-order chi connectivity index (χ1) is 12.1. The van der Waals surface area contributed by atoms with Gasteiger partial charge in [0, 0.05) is 17.7 Å². The summed E-state index contributed by atoms with van der Waals surface area (Å²) in [6, 6.07) is 12.4. The summed E-state index contributed by atoms with van der Waals surface area (Å²) in [6.07, 6.45) is 7.38. The summed E-state index contributed by atoms with van der Waals surface area (Å²) >= 11 is 0. The van der Waals surface area contributed by atoms with E-state index >= 15 is 0 Å². The van der Waals surface area contributed by atoms with E-state index in [-0.39, 0.29) is 0 Å². The van der Waals surface area contributed by atoms with Gasteiger partial charge in [0.15, 0.2) is 5.65 Å². The molecule has 2 aromatic heterocycles. The van der Waals surface area contributed by atoms with Crippen molar-refractivity contribution >= 4 is 17.1 Å². The predicted molar refractivity (Wildman–Crippen MR) is 97.2 cm³/mol. The molecular weight excluding hydrogens is 310 g/mol. The number of benzene rings is 1. The molecule has 0 aliphatic carbocycles. The van der Waals surface area contributed by atoms with Crippen molar-refractivity contribution in [3.63, 3.8) is 0 Å². The Kier molecular flexibility index (Phi) is 4.33. The molecule has 1 N–H and O–H groups in total. The molecule has 0 bridgehead atoms. The lowest BCUT2D eigenvalue weighted by Gasteiger charge is -2.21. The molecule has 25 heavy (non-hydrogen) atoms. The third kappa shape index (κ3) is 3.00. The van der Waals surface area contributed by atoms with Crippen molar-refractivity contribution in [3.05, 3.63) is 53.9 Å². The monoisotopic (exact) mass is 327 g/mol. The number of aromatic nitrogens is 3. The van der Waals surface area contributed by atoms with Crippen LogP contribution in [0.25, 0.3) is 28.2 Å². The van der Waals surface area contributed by atoms with Gasteiger partial charge in [-0.1, -0.05) is 13.0 Å². The fraction of sp³-hybridized carbons (Fsp3) is 0.200. The number of nitrogens with zero attached hydrogens (tertiary/aromatic N) is 4. The number of rotatable bonds is 4. The largest absolute Gasteiger partial charge is 0.261 e. The molecule has 0 spiro atoms. The number of nitrogens with one attached hydrogen (secondary N) is 1. The summed E-state index contributed by atoms with van der Waals surface area (Å²) in [4.78, 5) is 4.28. The topological polar surface area (TPSA) is 89.1 Å². The molecule has 0 saturated carbocycles. The Morgan fingerprint density at radius 3 is 2.84 bits per heavy atom. The minimum Gasteiger partial charge on any atom is -0.261 e. The van der Waals surface area contributed by atoms with Crippen LogP contribution in [-0.2, 0) is 5.41 Å². The van der Waals surface area contributed by atoms with Gasteiger partial charge in [0.1, 0.15) is 0 Å². The zero-order valence-corrected chi connectivity index (χ0v) is 14.1. The van der Waals surface area contributed by atoms with Crippen LogP contribution in [0.15, 0.2) is 42.7 Å². The quantitative estimate of drug-likeness (QED) is 0.721. The maximum atomic E-state index is 9.66. The zero-order valence-electron chi connectivity index (χ0n) is 14.1. The number of nitriles is 2. The molecule has 0 aliphatic heterocycles. The Bertz CT molecular complexity index is 1030. The van der Waals surface area contributed by atoms with E-state index < -0.39 is 5.41 Å². The number of fused-ring (bicyclic) bond motifs is 1. The molecule has 0 amide bonds. The zero-order chi connectivity index (χ0) is 17.9. The molecule has 5 nitrogen and oxygen atoms in total. The number of H-pyrrole nitrogens is 1. The lowest BCUT2D eigenvalue weighted by Crippen LogP contribution is -2.18. The first-order valence-corrected chi connectivity index (χ1v) is 8.02. The highest BCUT2D eigenvalue weighted by atomic mass is 15.1. The molecule has 1 aromatic carbocycles. The van der Waals surface area contributed by atoms with Crippen LogP contribution in [-0.4, -0.2) is 15.2 Å². The number of hydrogen-bond acceptors (Lipinski definition) is 4. The second-order valence-electron chi connectivity index (χ2n) is 6.09. The fourth-order valence-corrected chi connectivity index (χ4v) is 2.81. The van der Waals surface area contributed by atoms with Crippen LogP contribution in [0.5, 0.6) is 0 Å². The van der Waals surface area contributed by atoms with Crippen LogP contribution in [0, 0.1) is 22.7 Å². The van der Waals surface area contributed by atoms with Crippen LogP contribution in [0.1, 0.15) is 31.4 Å². The Balaban J connectivity index is 2.26. The summed E-state index contributed by atoms with van der Waals surface area (Å²) in [5.41, 5.74) is 3.91. The number of hydrogen-bond donors (Lipinski definition) is 1. The summed E-state index contributed by atoms with van der Waals surface area (Å²) in [5.74, 6) is 0. The van der Waals surface area contributed by atoms with E-state index in [1.807, 2.05) is 44.2 Å². The summed E-state index contributed by atoms with van der Waals surface area (Å²) in [7, 11) is 0. The molecule has 122 valence electrons. The lowest BCUT2D eigenvalue weighted by atomic mass is 9.79. The van der Waals surface area contributed by atoms with Crippen molar-refractivity contribution in [3.8, 4) is 23.3 Å². The second-order valence-corrected chi connectivity index (χ2v) is 6.09. The molecule has 0 radical (unpaired) electrons. The molecule has 0 aliphatic rings. The average molecular weight is 327 g/mol. The maximum Gasteiger partial charge on any atom is 0.155 e. The van der Waals surface area contributed by atoms with Gasteiger partial charge in [0.05, 0.1) is 23.8 Å². The molecule has 1 atom stereocenters. The van der Waals surface area contributed by atoms with Gasteiger partial charge in [-0.15, -0.1) is 0 Å². The van der Waals surface area contributed by atoms with Crippen LogP contribution in [0.2, 0.25) is 0 Å². The Morgan fingerprint density at radius 1 is 1.28 bits per heavy atom. The summed E-state index contributed by atoms with van der Waals surface area (Å²) in [6.45, 7) is 3.94. The molecule has 0 saturated heterocycles. The van der Waals surface area contributed by atoms with Crippen molar-refractivity contribution in [1.29, 1.82) is 10.5 Å². The molecule has 2 heterocycles. The lowest BCUT2D eigenvalue weighted by molar-refractivity contribution is 0.587. The van der Waals surface area contributed by atoms with Gasteiger partial charge >= 0.3 is 0 Å². The third-order valence-corrected chi connectivity index (χ3v) is 4.56. The summed E-state index contributed by atoms with van der Waals surface area (Å²) < 4.78 is 0.